The molecule has 2 heterocycles. The summed E-state index contributed by atoms with van der Waals surface area (Å²) >= 11 is 0. The molecule has 0 bridgehead atoms. The number of hydrogen-bond donors (Lipinski definition) is 0. The summed E-state index contributed by atoms with van der Waals surface area (Å²) in [6.45, 7) is 9.35. The molecule has 2 aliphatic rings. The first-order chi connectivity index (χ1) is 31.3. The van der Waals surface area contributed by atoms with Crippen LogP contribution in [0.4, 0.5) is 17.1 Å². The van der Waals surface area contributed by atoms with Crippen molar-refractivity contribution in [2.75, 3.05) is 4.90 Å². The summed E-state index contributed by atoms with van der Waals surface area (Å²) in [7, 11) is 0. The zero-order chi connectivity index (χ0) is 42.9. The number of rotatable bonds is 5. The van der Waals surface area contributed by atoms with Crippen LogP contribution in [0, 0.1) is 0 Å². The lowest BCUT2D eigenvalue weighted by Gasteiger charge is -2.34. The molecule has 304 valence electrons. The van der Waals surface area contributed by atoms with Gasteiger partial charge in [-0.2, -0.15) is 0 Å². The maximum Gasteiger partial charge on any atom is 0.235 e. The van der Waals surface area contributed by atoms with Gasteiger partial charge >= 0.3 is 0 Å². The van der Waals surface area contributed by atoms with Crippen molar-refractivity contribution in [2.24, 2.45) is 0 Å². The second-order valence-corrected chi connectivity index (χ2v) is 18.6. The van der Waals surface area contributed by atoms with Gasteiger partial charge in [0.2, 0.25) is 5.95 Å². The molecule has 0 amide bonds. The van der Waals surface area contributed by atoms with Gasteiger partial charge in [-0.15, -0.1) is 0 Å². The van der Waals surface area contributed by atoms with E-state index < -0.39 is 0 Å². The van der Waals surface area contributed by atoms with Crippen molar-refractivity contribution < 1.29 is 0 Å². The van der Waals surface area contributed by atoms with Crippen molar-refractivity contribution in [3.8, 4) is 39.5 Å². The number of benzene rings is 9. The molecule has 0 saturated carbocycles. The van der Waals surface area contributed by atoms with E-state index in [1.807, 2.05) is 0 Å². The molecule has 0 fully saturated rings. The maximum absolute atomic E-state index is 5.58. The molecular weight excluding hydrogens is 777 g/mol. The van der Waals surface area contributed by atoms with E-state index in [0.29, 0.717) is 5.95 Å². The molecule has 0 atom stereocenters. The number of anilines is 3. The first-order valence-electron chi connectivity index (χ1n) is 22.3. The molecule has 4 heteroatoms. The van der Waals surface area contributed by atoms with E-state index in [1.54, 1.807) is 0 Å². The van der Waals surface area contributed by atoms with E-state index in [9.17, 15) is 0 Å². The average molecular weight is 821 g/mol. The van der Waals surface area contributed by atoms with Gasteiger partial charge in [0.25, 0.3) is 0 Å². The third kappa shape index (κ3) is 5.17. The van der Waals surface area contributed by atoms with Gasteiger partial charge in [0.15, 0.2) is 0 Å². The smallest absolute Gasteiger partial charge is 0.235 e. The zero-order valence-electron chi connectivity index (χ0n) is 36.3. The predicted octanol–water partition coefficient (Wildman–Crippen LogP) is 15.6. The lowest BCUT2D eigenvalue weighted by Crippen LogP contribution is -2.24. The highest BCUT2D eigenvalue weighted by atomic mass is 15.2. The van der Waals surface area contributed by atoms with E-state index >= 15 is 0 Å². The number of fused-ring (bicyclic) bond motifs is 10. The summed E-state index contributed by atoms with van der Waals surface area (Å²) in [5.41, 5.74) is 18.5. The average Bonchev–Trinajstić information content (AvgIpc) is 3.79. The monoisotopic (exact) mass is 820 g/mol. The highest BCUT2D eigenvalue weighted by molar-refractivity contribution is 6.19. The summed E-state index contributed by atoms with van der Waals surface area (Å²) in [6, 6.07) is 71.1. The Morgan fingerprint density at radius 2 is 1.05 bits per heavy atom. The third-order valence-corrected chi connectivity index (χ3v) is 14.4. The van der Waals surface area contributed by atoms with Crippen LogP contribution < -0.4 is 4.90 Å². The van der Waals surface area contributed by atoms with Gasteiger partial charge in [0.1, 0.15) is 0 Å². The van der Waals surface area contributed by atoms with Crippen LogP contribution in [0.15, 0.2) is 194 Å². The van der Waals surface area contributed by atoms with Crippen LogP contribution in [-0.4, -0.2) is 14.5 Å². The number of nitrogens with zero attached hydrogens (tertiary/aromatic N) is 4. The molecule has 4 nitrogen and oxygen atoms in total. The molecular formula is C60H44N4. The molecule has 9 aromatic carbocycles. The van der Waals surface area contributed by atoms with Crippen molar-refractivity contribution in [1.29, 1.82) is 0 Å². The minimum Gasteiger partial charge on any atom is -0.310 e. The van der Waals surface area contributed by atoms with Gasteiger partial charge in [-0.1, -0.05) is 173 Å². The van der Waals surface area contributed by atoms with Crippen LogP contribution in [0.2, 0.25) is 0 Å². The molecule has 0 saturated heterocycles. The highest BCUT2D eigenvalue weighted by Crippen LogP contribution is 2.52. The van der Waals surface area contributed by atoms with Crippen LogP contribution in [0.3, 0.4) is 0 Å². The Morgan fingerprint density at radius 3 is 1.88 bits per heavy atom. The van der Waals surface area contributed by atoms with E-state index in [0.717, 1.165) is 55.5 Å². The number of hydrogen-bond acceptors (Lipinski definition) is 3. The van der Waals surface area contributed by atoms with Gasteiger partial charge in [-0.3, -0.25) is 4.57 Å². The standard InChI is InChI=1S/C60H44N4/c1-59(2)50-22-13-11-20-47(50)56-55-51(59)23-14-24-53(55)61-58(62-56)64-54-34-31-41(35-48(54)46-32-27-39-17-8-9-18-43(39)57(46)64)63(40-28-25-38(26-29-40)37-15-6-5-7-16-37)42-30-33-45-44-19-10-12-21-49(44)60(3,4)52(45)36-42/h5-36H,1-4H3. The first-order valence-corrected chi connectivity index (χ1v) is 22.3. The fourth-order valence-corrected chi connectivity index (χ4v) is 11.2. The molecule has 0 unspecified atom stereocenters. The highest BCUT2D eigenvalue weighted by Gasteiger charge is 2.37. The van der Waals surface area contributed by atoms with Gasteiger partial charge in [0.05, 0.1) is 22.2 Å². The van der Waals surface area contributed by atoms with Crippen LogP contribution >= 0.6 is 0 Å². The first kappa shape index (κ1) is 36.8. The molecule has 11 aromatic rings. The van der Waals surface area contributed by atoms with Crippen molar-refractivity contribution in [2.45, 2.75) is 38.5 Å². The minimum absolute atomic E-state index is 0.139. The maximum atomic E-state index is 5.58. The molecule has 2 aliphatic carbocycles. The van der Waals surface area contributed by atoms with E-state index in [-0.39, 0.29) is 10.8 Å². The molecule has 0 spiro atoms. The summed E-state index contributed by atoms with van der Waals surface area (Å²) in [6.07, 6.45) is 0. The molecule has 0 aliphatic heterocycles. The lowest BCUT2D eigenvalue weighted by atomic mass is 9.70. The summed E-state index contributed by atoms with van der Waals surface area (Å²) in [4.78, 5) is 13.5. The fourth-order valence-electron chi connectivity index (χ4n) is 11.2. The Balaban J connectivity index is 1.06. The van der Waals surface area contributed by atoms with Crippen molar-refractivity contribution in [3.63, 3.8) is 0 Å². The SMILES string of the molecule is CC1(C)c2ccccc2-c2ccc(N(c3ccc(-c4ccccc4)cc3)c3ccc4c(c3)c3ccc5ccccc5c3n4-c3nc4c5c(cccc5n3)C(C)(C)c3ccccc3-4)cc21. The van der Waals surface area contributed by atoms with Crippen molar-refractivity contribution in [1.82, 2.24) is 14.5 Å². The van der Waals surface area contributed by atoms with Crippen molar-refractivity contribution >= 4 is 60.5 Å². The summed E-state index contributed by atoms with van der Waals surface area (Å²) in [5, 5.41) is 5.79. The largest absolute Gasteiger partial charge is 0.310 e. The molecule has 0 N–H and O–H groups in total. The Bertz CT molecular complexity index is 3720. The van der Waals surface area contributed by atoms with Crippen LogP contribution in [0.25, 0.3) is 82.9 Å². The van der Waals surface area contributed by atoms with E-state index in [1.165, 1.54) is 60.8 Å². The Morgan fingerprint density at radius 1 is 0.422 bits per heavy atom. The fraction of sp³-hybridized carbons (Fsp3) is 0.100. The Labute approximate surface area is 372 Å². The van der Waals surface area contributed by atoms with E-state index in [2.05, 4.69) is 231 Å². The minimum atomic E-state index is -0.181. The van der Waals surface area contributed by atoms with Gasteiger partial charge in [0, 0.05) is 55.0 Å². The molecule has 13 rings (SSSR count). The normalized spacial score (nSPS) is 14.2. The Kier molecular flexibility index (Phi) is 7.67. The predicted molar refractivity (Wildman–Crippen MR) is 267 cm³/mol. The van der Waals surface area contributed by atoms with Crippen molar-refractivity contribution in [3.05, 3.63) is 216 Å². The summed E-state index contributed by atoms with van der Waals surface area (Å²) < 4.78 is 2.32. The quantitative estimate of drug-likeness (QED) is 0.173. The van der Waals surface area contributed by atoms with Gasteiger partial charge < -0.3 is 4.90 Å². The molecule has 64 heavy (non-hydrogen) atoms. The van der Waals surface area contributed by atoms with E-state index in [4.69, 9.17) is 9.97 Å². The Hall–Kier alpha value is -7.82. The molecule has 0 radical (unpaired) electrons. The van der Waals surface area contributed by atoms with Crippen LogP contribution in [0.5, 0.6) is 0 Å². The lowest BCUT2D eigenvalue weighted by molar-refractivity contribution is 0.643. The van der Waals surface area contributed by atoms with Gasteiger partial charge in [-0.25, -0.2) is 9.97 Å². The van der Waals surface area contributed by atoms with Gasteiger partial charge in [-0.05, 0) is 98.4 Å². The number of aromatic nitrogens is 3. The third-order valence-electron chi connectivity index (χ3n) is 14.4. The topological polar surface area (TPSA) is 34.0 Å². The second-order valence-electron chi connectivity index (χ2n) is 18.6. The van der Waals surface area contributed by atoms with Crippen LogP contribution in [0.1, 0.15) is 49.9 Å². The summed E-state index contributed by atoms with van der Waals surface area (Å²) in [5.74, 6) is 0.673. The zero-order valence-corrected chi connectivity index (χ0v) is 36.3. The second kappa shape index (κ2) is 13.3. The van der Waals surface area contributed by atoms with Crippen LogP contribution in [-0.2, 0) is 10.8 Å². The molecule has 2 aromatic heterocycles.